The number of carbonyl (C=O) groups is 1. The summed E-state index contributed by atoms with van der Waals surface area (Å²) in [6, 6.07) is 7.66. The smallest absolute Gasteiger partial charge is 0.247 e. The van der Waals surface area contributed by atoms with Gasteiger partial charge in [-0.15, -0.1) is 0 Å². The van der Waals surface area contributed by atoms with Crippen LogP contribution in [0.1, 0.15) is 26.1 Å². The molecule has 3 aromatic rings. The summed E-state index contributed by atoms with van der Waals surface area (Å²) in [4.78, 5) is 25.9. The maximum Gasteiger partial charge on any atom is 0.247 e. The summed E-state index contributed by atoms with van der Waals surface area (Å²) in [6.07, 6.45) is 0.745. The van der Waals surface area contributed by atoms with Crippen LogP contribution in [-0.4, -0.2) is 26.9 Å². The molecular weight excluding hydrogens is 348 g/mol. The molecule has 4 rings (SSSR count). The lowest BCUT2D eigenvalue weighted by Crippen LogP contribution is -2.40. The summed E-state index contributed by atoms with van der Waals surface area (Å²) >= 11 is 1.54. The van der Waals surface area contributed by atoms with E-state index < -0.39 is 0 Å². The van der Waals surface area contributed by atoms with Gasteiger partial charge in [0.2, 0.25) is 5.91 Å². The number of fused-ring (bicyclic) bond motifs is 2. The van der Waals surface area contributed by atoms with Gasteiger partial charge in [-0.25, -0.2) is 15.0 Å². The highest BCUT2D eigenvalue weighted by molar-refractivity contribution is 7.22. The van der Waals surface area contributed by atoms with Crippen LogP contribution in [-0.2, 0) is 4.79 Å². The highest BCUT2D eigenvalue weighted by Crippen LogP contribution is 2.35. The molecule has 1 aliphatic rings. The van der Waals surface area contributed by atoms with E-state index in [-0.39, 0.29) is 11.9 Å². The summed E-state index contributed by atoms with van der Waals surface area (Å²) in [5.41, 5.74) is 1.50. The maximum atomic E-state index is 12.5. The van der Waals surface area contributed by atoms with Crippen molar-refractivity contribution in [1.82, 2.24) is 15.0 Å². The lowest BCUT2D eigenvalue weighted by molar-refractivity contribution is -0.117. The highest BCUT2D eigenvalue weighted by atomic mass is 32.1. The standard InChI is InChI=1S/C18H20N6OS/c1-9(2)8-12-17(25)23-14-15(21-12)19-10(3)20-16(14)24-18-22-11-6-4-5-7-13(11)26-18/h4-7,9,12H,8H2,1-3H3,(H,23,25)(H2,19,20,21,22,24). The van der Waals surface area contributed by atoms with Crippen LogP contribution in [0.5, 0.6) is 0 Å². The second kappa shape index (κ2) is 6.53. The van der Waals surface area contributed by atoms with Crippen LogP contribution in [0, 0.1) is 12.8 Å². The third kappa shape index (κ3) is 3.20. The molecule has 134 valence electrons. The fourth-order valence-electron chi connectivity index (χ4n) is 2.99. The van der Waals surface area contributed by atoms with Gasteiger partial charge in [-0.2, -0.15) is 0 Å². The van der Waals surface area contributed by atoms with Gasteiger partial charge < -0.3 is 16.0 Å². The predicted molar refractivity (Wildman–Crippen MR) is 105 cm³/mol. The predicted octanol–water partition coefficient (Wildman–Crippen LogP) is 3.92. The minimum atomic E-state index is -0.285. The first-order valence-corrected chi connectivity index (χ1v) is 9.40. The van der Waals surface area contributed by atoms with E-state index in [0.29, 0.717) is 29.1 Å². The zero-order valence-electron chi connectivity index (χ0n) is 14.8. The monoisotopic (exact) mass is 368 g/mol. The maximum absolute atomic E-state index is 12.5. The minimum absolute atomic E-state index is 0.0639. The molecule has 8 heteroatoms. The molecular formula is C18H20N6OS. The van der Waals surface area contributed by atoms with Crippen LogP contribution in [0.15, 0.2) is 24.3 Å². The van der Waals surface area contributed by atoms with Crippen LogP contribution in [0.25, 0.3) is 10.2 Å². The van der Waals surface area contributed by atoms with E-state index in [0.717, 1.165) is 21.8 Å². The van der Waals surface area contributed by atoms with Gasteiger partial charge in [0, 0.05) is 0 Å². The van der Waals surface area contributed by atoms with Crippen LogP contribution >= 0.6 is 11.3 Å². The number of hydrogen-bond donors (Lipinski definition) is 3. The molecule has 3 N–H and O–H groups in total. The number of aromatic nitrogens is 3. The largest absolute Gasteiger partial charge is 0.356 e. The van der Waals surface area contributed by atoms with E-state index >= 15 is 0 Å². The van der Waals surface area contributed by atoms with E-state index in [1.807, 2.05) is 31.2 Å². The number of anilines is 4. The lowest BCUT2D eigenvalue weighted by Gasteiger charge is -2.28. The van der Waals surface area contributed by atoms with Crippen molar-refractivity contribution >= 4 is 49.9 Å². The van der Waals surface area contributed by atoms with Crippen molar-refractivity contribution in [3.8, 4) is 0 Å². The molecule has 7 nitrogen and oxygen atoms in total. The van der Waals surface area contributed by atoms with Crippen LogP contribution in [0.2, 0.25) is 0 Å². The third-order valence-electron chi connectivity index (χ3n) is 4.12. The molecule has 0 saturated heterocycles. The van der Waals surface area contributed by atoms with Crippen molar-refractivity contribution in [3.05, 3.63) is 30.1 Å². The van der Waals surface area contributed by atoms with Crippen molar-refractivity contribution in [3.63, 3.8) is 0 Å². The fourth-order valence-corrected chi connectivity index (χ4v) is 3.86. The number of para-hydroxylation sites is 1. The van der Waals surface area contributed by atoms with E-state index in [1.165, 1.54) is 0 Å². The Morgan fingerprint density at radius 2 is 2.04 bits per heavy atom. The number of carbonyl (C=O) groups excluding carboxylic acids is 1. The van der Waals surface area contributed by atoms with Crippen molar-refractivity contribution in [2.24, 2.45) is 5.92 Å². The van der Waals surface area contributed by atoms with E-state index in [2.05, 4.69) is 44.7 Å². The SMILES string of the molecule is Cc1nc(Nc2nc3ccccc3s2)c2c(n1)NC(CC(C)C)C(=O)N2. The molecule has 1 atom stereocenters. The average molecular weight is 368 g/mol. The molecule has 3 heterocycles. The summed E-state index contributed by atoms with van der Waals surface area (Å²) < 4.78 is 1.09. The zero-order chi connectivity index (χ0) is 18.3. The molecule has 0 saturated carbocycles. The third-order valence-corrected chi connectivity index (χ3v) is 5.07. The summed E-state index contributed by atoms with van der Waals surface area (Å²) in [5.74, 6) is 2.16. The number of hydrogen-bond acceptors (Lipinski definition) is 7. The van der Waals surface area contributed by atoms with Gasteiger partial charge in [0.05, 0.1) is 10.2 Å². The Kier molecular flexibility index (Phi) is 4.20. The Bertz CT molecular complexity index is 950. The Hall–Kier alpha value is -2.74. The van der Waals surface area contributed by atoms with Crippen molar-refractivity contribution in [1.29, 1.82) is 0 Å². The lowest BCUT2D eigenvalue weighted by atomic mass is 10.0. The van der Waals surface area contributed by atoms with Crippen LogP contribution in [0.4, 0.5) is 22.5 Å². The fraction of sp³-hybridized carbons (Fsp3) is 0.333. The molecule has 1 aliphatic heterocycles. The van der Waals surface area contributed by atoms with E-state index in [4.69, 9.17) is 0 Å². The number of nitrogens with one attached hydrogen (secondary N) is 3. The van der Waals surface area contributed by atoms with Gasteiger partial charge in [-0.3, -0.25) is 4.79 Å². The van der Waals surface area contributed by atoms with Crippen LogP contribution in [0.3, 0.4) is 0 Å². The average Bonchev–Trinajstić information content (AvgIpc) is 2.98. The summed E-state index contributed by atoms with van der Waals surface area (Å²) in [7, 11) is 0. The van der Waals surface area contributed by atoms with Gasteiger partial charge in [-0.05, 0) is 31.4 Å². The number of rotatable bonds is 4. The number of amides is 1. The molecule has 2 aromatic heterocycles. The minimum Gasteiger partial charge on any atom is -0.356 e. The first kappa shape index (κ1) is 16.7. The molecule has 0 spiro atoms. The van der Waals surface area contributed by atoms with Crippen LogP contribution < -0.4 is 16.0 Å². The molecule has 26 heavy (non-hydrogen) atoms. The Morgan fingerprint density at radius 3 is 2.81 bits per heavy atom. The van der Waals surface area contributed by atoms with Gasteiger partial charge >= 0.3 is 0 Å². The van der Waals surface area contributed by atoms with Crippen molar-refractivity contribution in [2.45, 2.75) is 33.2 Å². The first-order chi connectivity index (χ1) is 12.5. The van der Waals surface area contributed by atoms with Crippen molar-refractivity contribution < 1.29 is 4.79 Å². The normalized spacial score (nSPS) is 16.3. The summed E-state index contributed by atoms with van der Waals surface area (Å²) in [6.45, 7) is 6.02. The number of aryl methyl sites for hydroxylation is 1. The summed E-state index contributed by atoms with van der Waals surface area (Å²) in [5, 5.41) is 10.2. The Labute approximate surface area is 155 Å². The van der Waals surface area contributed by atoms with E-state index in [9.17, 15) is 4.79 Å². The number of thiazole rings is 1. The molecule has 1 amide bonds. The van der Waals surface area contributed by atoms with E-state index in [1.54, 1.807) is 11.3 Å². The second-order valence-corrected chi connectivity index (χ2v) is 7.80. The first-order valence-electron chi connectivity index (χ1n) is 8.58. The molecule has 0 bridgehead atoms. The molecule has 1 unspecified atom stereocenters. The molecule has 1 aromatic carbocycles. The molecule has 0 aliphatic carbocycles. The molecule has 0 fully saturated rings. The van der Waals surface area contributed by atoms with Gasteiger partial charge in [0.1, 0.15) is 17.6 Å². The zero-order valence-corrected chi connectivity index (χ0v) is 15.6. The topological polar surface area (TPSA) is 91.8 Å². The van der Waals surface area contributed by atoms with Crippen molar-refractivity contribution in [2.75, 3.05) is 16.0 Å². The van der Waals surface area contributed by atoms with Gasteiger partial charge in [0.15, 0.2) is 16.8 Å². The Balaban J connectivity index is 1.67. The number of benzene rings is 1. The Morgan fingerprint density at radius 1 is 1.23 bits per heavy atom. The molecule has 0 radical (unpaired) electrons. The van der Waals surface area contributed by atoms with Gasteiger partial charge in [0.25, 0.3) is 0 Å². The quantitative estimate of drug-likeness (QED) is 0.646. The second-order valence-electron chi connectivity index (χ2n) is 6.77. The number of nitrogens with zero attached hydrogens (tertiary/aromatic N) is 3. The highest BCUT2D eigenvalue weighted by Gasteiger charge is 2.29. The van der Waals surface area contributed by atoms with Gasteiger partial charge in [-0.1, -0.05) is 37.3 Å².